The Balaban J connectivity index is 1.98. The predicted molar refractivity (Wildman–Crippen MR) is 96.0 cm³/mol. The van der Waals surface area contributed by atoms with Gasteiger partial charge in [-0.3, -0.25) is 14.5 Å². The molecule has 1 aromatic rings. The van der Waals surface area contributed by atoms with Gasteiger partial charge in [0, 0.05) is 6.04 Å². The van der Waals surface area contributed by atoms with Crippen molar-refractivity contribution < 1.29 is 18.7 Å². The molecule has 6 heteroatoms. The Bertz CT molecular complexity index is 693. The van der Waals surface area contributed by atoms with Gasteiger partial charge in [0.2, 0.25) is 5.91 Å². The number of nitrogens with zero attached hydrogens (tertiary/aromatic N) is 1. The Morgan fingerprint density at radius 1 is 1.35 bits per heavy atom. The van der Waals surface area contributed by atoms with E-state index in [0.29, 0.717) is 18.8 Å². The van der Waals surface area contributed by atoms with Gasteiger partial charge in [0.25, 0.3) is 5.91 Å². The van der Waals surface area contributed by atoms with Crippen molar-refractivity contribution in [1.82, 2.24) is 10.2 Å². The number of hydrogen-bond acceptors (Lipinski definition) is 3. The van der Waals surface area contributed by atoms with E-state index < -0.39 is 23.5 Å². The summed E-state index contributed by atoms with van der Waals surface area (Å²) in [7, 11) is 0. The Kier molecular flexibility index (Phi) is 5.32. The number of carbonyl (C=O) groups excluding carboxylic acids is 2. The maximum Gasteiger partial charge on any atom is 0.259 e. The van der Waals surface area contributed by atoms with E-state index in [1.54, 1.807) is 12.1 Å². The van der Waals surface area contributed by atoms with Gasteiger partial charge in [0.1, 0.15) is 17.6 Å². The standard InChI is InChI=1S/C20H27FN2O3/c1-13(2)22-18(24)17-12-26-20(10-6-7-14(3)11-20)23(17)19(25)15-8-4-5-9-16(15)21/h4-5,8-9,13-14,17H,6-7,10-12H2,1-3H3,(H,22,24)/t14-,17+,20-/m1/s1. The summed E-state index contributed by atoms with van der Waals surface area (Å²) < 4.78 is 20.4. The van der Waals surface area contributed by atoms with Crippen LogP contribution in [0.15, 0.2) is 24.3 Å². The van der Waals surface area contributed by atoms with E-state index in [1.165, 1.54) is 17.0 Å². The number of halogens is 1. The van der Waals surface area contributed by atoms with Gasteiger partial charge in [-0.1, -0.05) is 25.5 Å². The van der Waals surface area contributed by atoms with Crippen molar-refractivity contribution in [3.8, 4) is 0 Å². The molecular weight excluding hydrogens is 335 g/mol. The lowest BCUT2D eigenvalue weighted by molar-refractivity contribution is -0.128. The van der Waals surface area contributed by atoms with Crippen molar-refractivity contribution in [1.29, 1.82) is 0 Å². The fraction of sp³-hybridized carbons (Fsp3) is 0.600. The average Bonchev–Trinajstić information content (AvgIpc) is 2.92. The molecule has 1 saturated carbocycles. The van der Waals surface area contributed by atoms with E-state index in [4.69, 9.17) is 4.74 Å². The van der Waals surface area contributed by atoms with Gasteiger partial charge in [-0.2, -0.15) is 0 Å². The molecule has 5 nitrogen and oxygen atoms in total. The highest BCUT2D eigenvalue weighted by atomic mass is 19.1. The van der Waals surface area contributed by atoms with Crippen molar-refractivity contribution in [3.63, 3.8) is 0 Å². The van der Waals surface area contributed by atoms with Gasteiger partial charge in [-0.15, -0.1) is 0 Å². The molecule has 1 aromatic carbocycles. The molecule has 2 fully saturated rings. The summed E-state index contributed by atoms with van der Waals surface area (Å²) in [4.78, 5) is 27.5. The van der Waals surface area contributed by atoms with E-state index in [2.05, 4.69) is 12.2 Å². The third-order valence-electron chi connectivity index (χ3n) is 5.25. The summed E-state index contributed by atoms with van der Waals surface area (Å²) in [5, 5.41) is 2.86. The molecule has 1 heterocycles. The molecule has 1 aliphatic heterocycles. The first-order chi connectivity index (χ1) is 12.3. The quantitative estimate of drug-likeness (QED) is 0.899. The first-order valence-electron chi connectivity index (χ1n) is 9.36. The lowest BCUT2D eigenvalue weighted by Gasteiger charge is -2.43. The molecule has 1 spiro atoms. The van der Waals surface area contributed by atoms with Gasteiger partial charge in [0.05, 0.1) is 12.2 Å². The highest BCUT2D eigenvalue weighted by molar-refractivity contribution is 5.98. The lowest BCUT2D eigenvalue weighted by atomic mass is 9.83. The molecule has 142 valence electrons. The van der Waals surface area contributed by atoms with Gasteiger partial charge < -0.3 is 10.1 Å². The van der Waals surface area contributed by atoms with Crippen LogP contribution in [0.4, 0.5) is 4.39 Å². The van der Waals surface area contributed by atoms with Crippen molar-refractivity contribution >= 4 is 11.8 Å². The zero-order valence-corrected chi connectivity index (χ0v) is 15.6. The van der Waals surface area contributed by atoms with Crippen LogP contribution < -0.4 is 5.32 Å². The van der Waals surface area contributed by atoms with Crippen molar-refractivity contribution in [2.45, 2.75) is 64.3 Å². The number of amides is 2. The predicted octanol–water partition coefficient (Wildman–Crippen LogP) is 3.10. The van der Waals surface area contributed by atoms with Gasteiger partial charge >= 0.3 is 0 Å². The molecule has 3 atom stereocenters. The zero-order valence-electron chi connectivity index (χ0n) is 15.6. The fourth-order valence-electron chi connectivity index (χ4n) is 4.15. The fourth-order valence-corrected chi connectivity index (χ4v) is 4.15. The number of hydrogen-bond donors (Lipinski definition) is 1. The van der Waals surface area contributed by atoms with Crippen molar-refractivity contribution in [2.24, 2.45) is 5.92 Å². The van der Waals surface area contributed by atoms with Crippen molar-refractivity contribution in [3.05, 3.63) is 35.6 Å². The first-order valence-corrected chi connectivity index (χ1v) is 9.36. The van der Waals surface area contributed by atoms with Crippen LogP contribution in [0.3, 0.4) is 0 Å². The molecule has 0 unspecified atom stereocenters. The third kappa shape index (κ3) is 3.47. The Morgan fingerprint density at radius 2 is 2.08 bits per heavy atom. The molecular formula is C20H27FN2O3. The first kappa shape index (κ1) is 18.8. The van der Waals surface area contributed by atoms with Crippen molar-refractivity contribution in [2.75, 3.05) is 6.61 Å². The summed E-state index contributed by atoms with van der Waals surface area (Å²) in [5.41, 5.74) is -0.839. The van der Waals surface area contributed by atoms with Gasteiger partial charge in [-0.05, 0) is 51.2 Å². The second-order valence-electron chi connectivity index (χ2n) is 7.79. The Morgan fingerprint density at radius 3 is 2.73 bits per heavy atom. The second kappa shape index (κ2) is 7.35. The number of carbonyl (C=O) groups is 2. The molecule has 0 bridgehead atoms. The van der Waals surface area contributed by atoms with Gasteiger partial charge in [0.15, 0.2) is 0 Å². The van der Waals surface area contributed by atoms with E-state index >= 15 is 0 Å². The van der Waals surface area contributed by atoms with Crippen LogP contribution in [-0.2, 0) is 9.53 Å². The number of rotatable bonds is 3. The summed E-state index contributed by atoms with van der Waals surface area (Å²) in [5.74, 6) is -0.920. The Hall–Kier alpha value is -1.95. The molecule has 0 aromatic heterocycles. The normalized spacial score (nSPS) is 28.6. The number of benzene rings is 1. The average molecular weight is 362 g/mol. The minimum Gasteiger partial charge on any atom is -0.353 e. The minimum atomic E-state index is -0.823. The highest BCUT2D eigenvalue weighted by Gasteiger charge is 2.54. The molecule has 0 radical (unpaired) electrons. The SMILES string of the molecule is CC(C)NC(=O)[C@@H]1CO[C@@]2(CCC[C@@H](C)C2)N1C(=O)c1ccccc1F. The van der Waals surface area contributed by atoms with Crippen LogP contribution >= 0.6 is 0 Å². The smallest absolute Gasteiger partial charge is 0.259 e. The topological polar surface area (TPSA) is 58.6 Å². The highest BCUT2D eigenvalue weighted by Crippen LogP contribution is 2.43. The maximum absolute atomic E-state index is 14.3. The summed E-state index contributed by atoms with van der Waals surface area (Å²) in [6, 6.07) is 5.13. The van der Waals surface area contributed by atoms with Crippen LogP contribution in [0.25, 0.3) is 0 Å². The molecule has 3 rings (SSSR count). The van der Waals surface area contributed by atoms with Crippen LogP contribution in [0.2, 0.25) is 0 Å². The van der Waals surface area contributed by atoms with E-state index in [0.717, 1.165) is 12.8 Å². The Labute approximate surface area is 153 Å². The number of nitrogens with one attached hydrogen (secondary N) is 1. The second-order valence-corrected chi connectivity index (χ2v) is 7.79. The largest absolute Gasteiger partial charge is 0.353 e. The summed E-state index contributed by atoms with van der Waals surface area (Å²) in [6.45, 7) is 6.01. The monoisotopic (exact) mass is 362 g/mol. The van der Waals surface area contributed by atoms with Crippen LogP contribution in [0.1, 0.15) is 56.8 Å². The van der Waals surface area contributed by atoms with Crippen LogP contribution in [0.5, 0.6) is 0 Å². The zero-order chi connectivity index (χ0) is 18.9. The third-order valence-corrected chi connectivity index (χ3v) is 5.25. The lowest BCUT2D eigenvalue weighted by Crippen LogP contribution is -2.57. The van der Waals surface area contributed by atoms with Crippen LogP contribution in [0, 0.1) is 11.7 Å². The van der Waals surface area contributed by atoms with E-state index in [9.17, 15) is 14.0 Å². The van der Waals surface area contributed by atoms with Crippen LogP contribution in [-0.4, -0.2) is 41.1 Å². The van der Waals surface area contributed by atoms with E-state index in [1.807, 2.05) is 13.8 Å². The summed E-state index contributed by atoms with van der Waals surface area (Å²) >= 11 is 0. The summed E-state index contributed by atoms with van der Waals surface area (Å²) in [6.07, 6.45) is 3.32. The molecule has 2 aliphatic rings. The molecule has 2 amide bonds. The van der Waals surface area contributed by atoms with E-state index in [-0.39, 0.29) is 24.1 Å². The molecule has 1 saturated heterocycles. The molecule has 1 aliphatic carbocycles. The molecule has 26 heavy (non-hydrogen) atoms. The number of ether oxygens (including phenoxy) is 1. The molecule has 1 N–H and O–H groups in total. The minimum absolute atomic E-state index is 0.0158. The maximum atomic E-state index is 14.3. The van der Waals surface area contributed by atoms with Gasteiger partial charge in [-0.25, -0.2) is 4.39 Å².